The minimum Gasteiger partial charge on any atom is -0.387 e. The number of aliphatic hydroxyl groups is 1. The second-order valence-corrected chi connectivity index (χ2v) is 6.82. The zero-order chi connectivity index (χ0) is 18.0. The third-order valence-electron chi connectivity index (χ3n) is 4.05. The summed E-state index contributed by atoms with van der Waals surface area (Å²) in [4.78, 5) is 13.7. The standard InChI is InChI=1S/C18H16F3NO2S/c19-18(20,21)14-8-6-13(7-9-14)17-22(16(24)11-25-17)10-15(23)12-4-2-1-3-5-12/h1-9,15,17,23H,10-11H2/t15-,17+/m0/s1. The molecule has 132 valence electrons. The molecule has 0 saturated carbocycles. The zero-order valence-electron chi connectivity index (χ0n) is 13.1. The van der Waals surface area contributed by atoms with Gasteiger partial charge in [-0.2, -0.15) is 13.2 Å². The van der Waals surface area contributed by atoms with Crippen molar-refractivity contribution < 1.29 is 23.1 Å². The van der Waals surface area contributed by atoms with Gasteiger partial charge in [-0.3, -0.25) is 4.79 Å². The number of halogens is 3. The lowest BCUT2D eigenvalue weighted by Gasteiger charge is -2.27. The molecule has 2 aromatic carbocycles. The maximum absolute atomic E-state index is 12.7. The van der Waals surface area contributed by atoms with Crippen LogP contribution in [0.3, 0.4) is 0 Å². The fraction of sp³-hybridized carbons (Fsp3) is 0.278. The first-order chi connectivity index (χ1) is 11.9. The molecule has 1 saturated heterocycles. The SMILES string of the molecule is O=C1CS[C@H](c2ccc(C(F)(F)F)cc2)N1C[C@H](O)c1ccccc1. The molecule has 3 rings (SSSR count). The quantitative estimate of drug-likeness (QED) is 0.888. The number of thioether (sulfide) groups is 1. The lowest BCUT2D eigenvalue weighted by Crippen LogP contribution is -2.32. The van der Waals surface area contributed by atoms with Crippen LogP contribution in [0.25, 0.3) is 0 Å². The summed E-state index contributed by atoms with van der Waals surface area (Å²) in [6.45, 7) is 0.0987. The molecule has 1 N–H and O–H groups in total. The van der Waals surface area contributed by atoms with Gasteiger partial charge >= 0.3 is 6.18 Å². The van der Waals surface area contributed by atoms with Crippen molar-refractivity contribution in [2.75, 3.05) is 12.3 Å². The molecule has 0 unspecified atom stereocenters. The maximum Gasteiger partial charge on any atom is 0.416 e. The predicted molar refractivity (Wildman–Crippen MR) is 89.8 cm³/mol. The first kappa shape index (κ1) is 17.8. The summed E-state index contributed by atoms with van der Waals surface area (Å²) >= 11 is 1.35. The van der Waals surface area contributed by atoms with Crippen LogP contribution in [-0.4, -0.2) is 28.2 Å². The zero-order valence-corrected chi connectivity index (χ0v) is 13.9. The van der Waals surface area contributed by atoms with Crippen LogP contribution in [-0.2, 0) is 11.0 Å². The maximum atomic E-state index is 12.7. The number of β-amino-alcohol motifs (C(OH)–C–C–N with tert-alkyl or cyclic N) is 1. The Labute approximate surface area is 147 Å². The topological polar surface area (TPSA) is 40.5 Å². The minimum absolute atomic E-state index is 0.0987. The molecule has 2 atom stereocenters. The number of hydrogen-bond donors (Lipinski definition) is 1. The normalized spacial score (nSPS) is 19.3. The summed E-state index contributed by atoms with van der Waals surface area (Å²) in [5, 5.41) is 9.97. The second-order valence-electron chi connectivity index (χ2n) is 5.76. The van der Waals surface area contributed by atoms with Gasteiger partial charge in [-0.15, -0.1) is 11.8 Å². The fourth-order valence-electron chi connectivity index (χ4n) is 2.73. The van der Waals surface area contributed by atoms with Crippen molar-refractivity contribution in [3.63, 3.8) is 0 Å². The molecular weight excluding hydrogens is 351 g/mol. The molecule has 0 aliphatic carbocycles. The van der Waals surface area contributed by atoms with E-state index in [4.69, 9.17) is 0 Å². The first-order valence-corrected chi connectivity index (χ1v) is 8.72. The van der Waals surface area contributed by atoms with Crippen LogP contribution in [0.2, 0.25) is 0 Å². The molecule has 0 bridgehead atoms. The summed E-state index contributed by atoms with van der Waals surface area (Å²) in [6.07, 6.45) is -5.24. The summed E-state index contributed by atoms with van der Waals surface area (Å²) < 4.78 is 38.1. The average Bonchev–Trinajstić information content (AvgIpc) is 2.96. The number of rotatable bonds is 4. The van der Waals surface area contributed by atoms with Gasteiger partial charge in [0, 0.05) is 0 Å². The Balaban J connectivity index is 1.78. The molecule has 1 amide bonds. The summed E-state index contributed by atoms with van der Waals surface area (Å²) in [7, 11) is 0. The van der Waals surface area contributed by atoms with Crippen molar-refractivity contribution in [3.05, 3.63) is 71.3 Å². The van der Waals surface area contributed by atoms with Crippen LogP contribution in [0, 0.1) is 0 Å². The molecule has 1 aliphatic rings. The van der Waals surface area contributed by atoms with E-state index >= 15 is 0 Å². The highest BCUT2D eigenvalue weighted by atomic mass is 32.2. The van der Waals surface area contributed by atoms with Gasteiger partial charge in [0.15, 0.2) is 0 Å². The summed E-state index contributed by atoms with van der Waals surface area (Å²) in [5.74, 6) is 0.109. The number of carbonyl (C=O) groups is 1. The molecule has 7 heteroatoms. The van der Waals surface area contributed by atoms with Gasteiger partial charge in [0.2, 0.25) is 5.91 Å². The van der Waals surface area contributed by atoms with Gasteiger partial charge in [0.1, 0.15) is 5.37 Å². The van der Waals surface area contributed by atoms with Crippen molar-refractivity contribution in [1.82, 2.24) is 4.90 Å². The highest BCUT2D eigenvalue weighted by Crippen LogP contribution is 2.40. The second kappa shape index (κ2) is 7.09. The molecule has 0 aromatic heterocycles. The van der Waals surface area contributed by atoms with Gasteiger partial charge in [-0.1, -0.05) is 42.5 Å². The Morgan fingerprint density at radius 1 is 1.12 bits per heavy atom. The highest BCUT2D eigenvalue weighted by Gasteiger charge is 2.35. The van der Waals surface area contributed by atoms with Crippen LogP contribution in [0.15, 0.2) is 54.6 Å². The molecule has 3 nitrogen and oxygen atoms in total. The molecule has 1 fully saturated rings. The lowest BCUT2D eigenvalue weighted by molar-refractivity contribution is -0.137. The van der Waals surface area contributed by atoms with Gasteiger partial charge in [-0.05, 0) is 23.3 Å². The van der Waals surface area contributed by atoms with E-state index in [1.807, 2.05) is 6.07 Å². The van der Waals surface area contributed by atoms with Gasteiger partial charge in [-0.25, -0.2) is 0 Å². The number of aliphatic hydroxyl groups excluding tert-OH is 1. The molecule has 1 aliphatic heterocycles. The van der Waals surface area contributed by atoms with Gasteiger partial charge in [0.25, 0.3) is 0 Å². The minimum atomic E-state index is -4.39. The molecule has 25 heavy (non-hydrogen) atoms. The van der Waals surface area contributed by atoms with E-state index in [1.165, 1.54) is 28.8 Å². The molecule has 0 radical (unpaired) electrons. The van der Waals surface area contributed by atoms with Crippen molar-refractivity contribution >= 4 is 17.7 Å². The van der Waals surface area contributed by atoms with Crippen molar-refractivity contribution in [2.45, 2.75) is 17.7 Å². The summed E-state index contributed by atoms with van der Waals surface area (Å²) in [5.41, 5.74) is 0.587. The Morgan fingerprint density at radius 2 is 1.76 bits per heavy atom. The van der Waals surface area contributed by atoms with E-state index in [2.05, 4.69) is 0 Å². The Bertz CT molecular complexity index is 734. The van der Waals surface area contributed by atoms with Crippen LogP contribution in [0.4, 0.5) is 13.2 Å². The third kappa shape index (κ3) is 3.99. The number of nitrogens with zero attached hydrogens (tertiary/aromatic N) is 1. The third-order valence-corrected chi connectivity index (χ3v) is 5.30. The van der Waals surface area contributed by atoms with Crippen LogP contribution >= 0.6 is 11.8 Å². The van der Waals surface area contributed by atoms with Crippen molar-refractivity contribution in [2.24, 2.45) is 0 Å². The van der Waals surface area contributed by atoms with E-state index in [-0.39, 0.29) is 18.2 Å². The van der Waals surface area contributed by atoms with E-state index in [1.54, 1.807) is 24.3 Å². The number of hydrogen-bond acceptors (Lipinski definition) is 3. The molecule has 2 aromatic rings. The van der Waals surface area contributed by atoms with Gasteiger partial charge in [0.05, 0.1) is 24.0 Å². The largest absolute Gasteiger partial charge is 0.416 e. The van der Waals surface area contributed by atoms with E-state index < -0.39 is 23.2 Å². The molecular formula is C18H16F3NO2S. The first-order valence-electron chi connectivity index (χ1n) is 7.67. The van der Waals surface area contributed by atoms with Crippen LogP contribution in [0.5, 0.6) is 0 Å². The lowest BCUT2D eigenvalue weighted by atomic mass is 10.1. The van der Waals surface area contributed by atoms with Crippen LogP contribution < -0.4 is 0 Å². The van der Waals surface area contributed by atoms with Crippen molar-refractivity contribution in [1.29, 1.82) is 0 Å². The summed E-state index contributed by atoms with van der Waals surface area (Å²) in [6, 6.07) is 13.8. The van der Waals surface area contributed by atoms with E-state index in [0.717, 1.165) is 12.1 Å². The number of amides is 1. The fourth-order valence-corrected chi connectivity index (χ4v) is 3.93. The highest BCUT2D eigenvalue weighted by molar-refractivity contribution is 8.00. The Kier molecular flexibility index (Phi) is 5.06. The average molecular weight is 367 g/mol. The van der Waals surface area contributed by atoms with Gasteiger partial charge < -0.3 is 10.0 Å². The molecule has 0 spiro atoms. The Morgan fingerprint density at radius 3 is 2.36 bits per heavy atom. The van der Waals surface area contributed by atoms with E-state index in [9.17, 15) is 23.1 Å². The Hall–Kier alpha value is -1.99. The predicted octanol–water partition coefficient (Wildman–Crippen LogP) is 4.01. The van der Waals surface area contributed by atoms with Crippen LogP contribution in [0.1, 0.15) is 28.2 Å². The molecule has 1 heterocycles. The van der Waals surface area contributed by atoms with Crippen molar-refractivity contribution in [3.8, 4) is 0 Å². The monoisotopic (exact) mass is 367 g/mol. The number of carbonyl (C=O) groups excluding carboxylic acids is 1. The number of benzene rings is 2. The smallest absolute Gasteiger partial charge is 0.387 e. The van der Waals surface area contributed by atoms with E-state index in [0.29, 0.717) is 11.1 Å². The number of alkyl halides is 3.